The highest BCUT2D eigenvalue weighted by molar-refractivity contribution is 6.00. The Morgan fingerprint density at radius 2 is 1.75 bits per heavy atom. The molecule has 0 saturated carbocycles. The zero-order valence-electron chi connectivity index (χ0n) is 21.7. The fraction of sp³-hybridized carbons (Fsp3) is 0.423. The minimum atomic E-state index is -0.682. The zero-order chi connectivity index (χ0) is 26.3. The van der Waals surface area contributed by atoms with Gasteiger partial charge in [-0.15, -0.1) is 10.2 Å². The van der Waals surface area contributed by atoms with Gasteiger partial charge in [0.05, 0.1) is 14.2 Å². The molecule has 0 fully saturated rings. The number of carbonyl (C=O) groups is 2. The van der Waals surface area contributed by atoms with Crippen molar-refractivity contribution in [2.75, 3.05) is 19.1 Å². The monoisotopic (exact) mass is 494 g/mol. The number of tetrazole rings is 1. The van der Waals surface area contributed by atoms with Crippen LogP contribution in [0.4, 0.5) is 5.69 Å². The lowest BCUT2D eigenvalue weighted by Crippen LogP contribution is -2.54. The highest BCUT2D eigenvalue weighted by Gasteiger charge is 2.32. The van der Waals surface area contributed by atoms with Gasteiger partial charge in [-0.1, -0.05) is 31.5 Å². The maximum absolute atomic E-state index is 13.6. The first-order chi connectivity index (χ1) is 17.2. The highest BCUT2D eigenvalue weighted by atomic mass is 16.5. The molecule has 0 unspecified atom stereocenters. The molecule has 10 nitrogen and oxygen atoms in total. The first kappa shape index (κ1) is 26.7. The van der Waals surface area contributed by atoms with Crippen LogP contribution >= 0.6 is 0 Å². The van der Waals surface area contributed by atoms with Crippen molar-refractivity contribution in [2.45, 2.75) is 58.7 Å². The number of methoxy groups -OCH3 is 2. The first-order valence-electron chi connectivity index (χ1n) is 11.9. The smallest absolute Gasteiger partial charge is 0.251 e. The molecule has 0 aliphatic rings. The van der Waals surface area contributed by atoms with E-state index >= 15 is 0 Å². The van der Waals surface area contributed by atoms with Crippen LogP contribution in [0.2, 0.25) is 0 Å². The number of anilines is 1. The predicted octanol–water partition coefficient (Wildman–Crippen LogP) is 3.47. The summed E-state index contributed by atoms with van der Waals surface area (Å²) < 4.78 is 10.6. The van der Waals surface area contributed by atoms with Crippen LogP contribution in [-0.2, 0) is 16.1 Å². The molecule has 36 heavy (non-hydrogen) atoms. The van der Waals surface area contributed by atoms with Gasteiger partial charge in [0.15, 0.2) is 11.5 Å². The van der Waals surface area contributed by atoms with E-state index in [0.29, 0.717) is 35.0 Å². The van der Waals surface area contributed by atoms with E-state index in [1.807, 2.05) is 58.0 Å². The van der Waals surface area contributed by atoms with E-state index in [9.17, 15) is 9.59 Å². The van der Waals surface area contributed by atoms with Crippen molar-refractivity contribution in [3.05, 3.63) is 48.5 Å². The number of hydrogen-bond acceptors (Lipinski definition) is 7. The van der Waals surface area contributed by atoms with Gasteiger partial charge in [0, 0.05) is 16.8 Å². The third kappa shape index (κ3) is 6.59. The Kier molecular flexibility index (Phi) is 8.63. The largest absolute Gasteiger partial charge is 0.493 e. The molecule has 1 atom stereocenters. The molecule has 10 heteroatoms. The second-order valence-corrected chi connectivity index (χ2v) is 9.36. The number of carbonyl (C=O) groups excluding carboxylic acids is 2. The second-order valence-electron chi connectivity index (χ2n) is 9.36. The fourth-order valence-corrected chi connectivity index (χ4v) is 3.79. The van der Waals surface area contributed by atoms with Gasteiger partial charge in [-0.25, -0.2) is 0 Å². The molecule has 3 aromatic rings. The number of hydrogen-bond donors (Lipinski definition) is 1. The molecule has 0 bridgehead atoms. The summed E-state index contributed by atoms with van der Waals surface area (Å²) in [7, 11) is 3.11. The molecule has 2 aromatic carbocycles. The summed E-state index contributed by atoms with van der Waals surface area (Å²) in [5.41, 5.74) is 0.862. The van der Waals surface area contributed by atoms with Crippen LogP contribution in [0, 0.1) is 0 Å². The summed E-state index contributed by atoms with van der Waals surface area (Å²) in [6.45, 7) is 7.55. The molecule has 0 spiro atoms. The Bertz CT molecular complexity index is 1170. The van der Waals surface area contributed by atoms with Crippen LogP contribution < -0.4 is 19.7 Å². The van der Waals surface area contributed by atoms with E-state index in [1.165, 1.54) is 9.70 Å². The SMILES string of the molecule is CCC[C@@H](C(=O)NC(C)(C)C)N(C(=O)Cn1nnc(-c2ccc(OC)c(OC)c2)n1)c1ccccc1. The quantitative estimate of drug-likeness (QED) is 0.459. The molecule has 1 aromatic heterocycles. The van der Waals surface area contributed by atoms with Gasteiger partial charge in [-0.05, 0) is 62.7 Å². The fourth-order valence-electron chi connectivity index (χ4n) is 3.79. The molecule has 1 N–H and O–H groups in total. The third-order valence-corrected chi connectivity index (χ3v) is 5.35. The number of nitrogens with zero attached hydrogens (tertiary/aromatic N) is 5. The summed E-state index contributed by atoms with van der Waals surface area (Å²) in [5.74, 6) is 0.924. The van der Waals surface area contributed by atoms with E-state index in [1.54, 1.807) is 32.4 Å². The molecule has 0 aliphatic carbocycles. The number of amides is 2. The third-order valence-electron chi connectivity index (χ3n) is 5.35. The minimum absolute atomic E-state index is 0.182. The molecule has 3 rings (SSSR count). The number of nitrogens with one attached hydrogen (secondary N) is 1. The average Bonchev–Trinajstić information content (AvgIpc) is 3.31. The Balaban J connectivity index is 1.89. The molecular weight excluding hydrogens is 460 g/mol. The van der Waals surface area contributed by atoms with Gasteiger partial charge in [-0.2, -0.15) is 4.80 Å². The van der Waals surface area contributed by atoms with Crippen molar-refractivity contribution < 1.29 is 19.1 Å². The lowest BCUT2D eigenvalue weighted by molar-refractivity contribution is -0.128. The van der Waals surface area contributed by atoms with Crippen LogP contribution in [0.15, 0.2) is 48.5 Å². The molecular formula is C26H34N6O4. The number of ether oxygens (including phenoxy) is 2. The number of benzene rings is 2. The van der Waals surface area contributed by atoms with Crippen molar-refractivity contribution in [2.24, 2.45) is 0 Å². The number of rotatable bonds is 10. The molecule has 0 radical (unpaired) electrons. The minimum Gasteiger partial charge on any atom is -0.493 e. The second kappa shape index (κ2) is 11.7. The van der Waals surface area contributed by atoms with Crippen LogP contribution in [-0.4, -0.2) is 57.8 Å². The summed E-state index contributed by atoms with van der Waals surface area (Å²) in [6.07, 6.45) is 1.23. The van der Waals surface area contributed by atoms with Crippen molar-refractivity contribution in [1.29, 1.82) is 0 Å². The Morgan fingerprint density at radius 3 is 2.36 bits per heavy atom. The maximum atomic E-state index is 13.6. The van der Waals surface area contributed by atoms with Gasteiger partial charge >= 0.3 is 0 Å². The van der Waals surface area contributed by atoms with Gasteiger partial charge < -0.3 is 14.8 Å². The Hall–Kier alpha value is -3.95. The lowest BCUT2D eigenvalue weighted by Gasteiger charge is -2.33. The summed E-state index contributed by atoms with van der Waals surface area (Å²) >= 11 is 0. The molecule has 0 saturated heterocycles. The predicted molar refractivity (Wildman–Crippen MR) is 137 cm³/mol. The summed E-state index contributed by atoms with van der Waals surface area (Å²) in [6, 6.07) is 13.8. The maximum Gasteiger partial charge on any atom is 0.251 e. The lowest BCUT2D eigenvalue weighted by atomic mass is 10.0. The van der Waals surface area contributed by atoms with Crippen molar-refractivity contribution in [3.63, 3.8) is 0 Å². The highest BCUT2D eigenvalue weighted by Crippen LogP contribution is 2.30. The van der Waals surface area contributed by atoms with E-state index in [0.717, 1.165) is 6.42 Å². The number of para-hydroxylation sites is 1. The summed E-state index contributed by atoms with van der Waals surface area (Å²) in [4.78, 5) is 29.6. The zero-order valence-corrected chi connectivity index (χ0v) is 21.7. The van der Waals surface area contributed by atoms with Crippen LogP contribution in [0.3, 0.4) is 0 Å². The van der Waals surface area contributed by atoms with E-state index in [2.05, 4.69) is 20.7 Å². The van der Waals surface area contributed by atoms with Gasteiger partial charge in [0.1, 0.15) is 12.6 Å². The topological polar surface area (TPSA) is 111 Å². The van der Waals surface area contributed by atoms with Gasteiger partial charge in [0.25, 0.3) is 5.91 Å². The molecule has 2 amide bonds. The normalized spacial score (nSPS) is 12.1. The summed E-state index contributed by atoms with van der Waals surface area (Å²) in [5, 5.41) is 15.6. The molecule has 0 aliphatic heterocycles. The first-order valence-corrected chi connectivity index (χ1v) is 11.9. The molecule has 192 valence electrons. The van der Waals surface area contributed by atoms with Crippen molar-refractivity contribution in [3.8, 4) is 22.9 Å². The van der Waals surface area contributed by atoms with Crippen molar-refractivity contribution in [1.82, 2.24) is 25.5 Å². The van der Waals surface area contributed by atoms with E-state index in [4.69, 9.17) is 9.47 Å². The van der Waals surface area contributed by atoms with Gasteiger partial charge in [0.2, 0.25) is 11.7 Å². The van der Waals surface area contributed by atoms with Crippen LogP contribution in [0.5, 0.6) is 11.5 Å². The van der Waals surface area contributed by atoms with E-state index < -0.39 is 11.6 Å². The molecule has 1 heterocycles. The Labute approximate surface area is 211 Å². The standard InChI is InChI=1S/C26H34N6O4/c1-7-11-20(25(34)27-26(2,3)4)32(19-12-9-8-10-13-19)23(33)17-31-29-24(28-30-31)18-14-15-21(35-5)22(16-18)36-6/h8-10,12-16,20H,7,11,17H2,1-6H3,(H,27,34)/t20-/m0/s1. The van der Waals surface area contributed by atoms with Crippen LogP contribution in [0.25, 0.3) is 11.4 Å². The van der Waals surface area contributed by atoms with Crippen molar-refractivity contribution >= 4 is 17.5 Å². The number of aromatic nitrogens is 4. The Morgan fingerprint density at radius 1 is 1.06 bits per heavy atom. The van der Waals surface area contributed by atoms with Gasteiger partial charge in [-0.3, -0.25) is 14.5 Å². The van der Waals surface area contributed by atoms with Crippen LogP contribution in [0.1, 0.15) is 40.5 Å². The average molecular weight is 495 g/mol. The van der Waals surface area contributed by atoms with E-state index in [-0.39, 0.29) is 18.4 Å².